The first-order valence-electron chi connectivity index (χ1n) is 20.8. The predicted molar refractivity (Wildman–Crippen MR) is 245 cm³/mol. The number of nitrogens with one attached hydrogen (secondary N) is 5. The maximum Gasteiger partial charge on any atom is 0.268 e. The molecule has 15 nitrogen and oxygen atoms in total. The van der Waals surface area contributed by atoms with E-state index in [1.54, 1.807) is 60.4 Å². The van der Waals surface area contributed by atoms with Crippen LogP contribution in [0.1, 0.15) is 90.5 Å². The molecule has 1 aliphatic carbocycles. The van der Waals surface area contributed by atoms with Gasteiger partial charge in [0.2, 0.25) is 5.95 Å². The van der Waals surface area contributed by atoms with Crippen LogP contribution in [0.2, 0.25) is 10.0 Å². The molecule has 1 amide bonds. The van der Waals surface area contributed by atoms with Crippen molar-refractivity contribution in [3.05, 3.63) is 116 Å². The Morgan fingerprint density at radius 2 is 1.73 bits per heavy atom. The number of nitrogens with zero attached hydrogens (tertiary/aromatic N) is 6. The number of aryl methyl sites for hydroxylation is 1. The second-order valence-corrected chi connectivity index (χ2v) is 16.6. The molecule has 0 bridgehead atoms. The summed E-state index contributed by atoms with van der Waals surface area (Å²) in [4.78, 5) is 61.5. The van der Waals surface area contributed by atoms with Crippen LogP contribution in [-0.2, 0) is 0 Å². The second kappa shape index (κ2) is 19.9. The van der Waals surface area contributed by atoms with Crippen LogP contribution in [0.5, 0.6) is 0 Å². The second-order valence-electron chi connectivity index (χ2n) is 15.8. The van der Waals surface area contributed by atoms with Crippen molar-refractivity contribution in [1.29, 1.82) is 0 Å². The van der Waals surface area contributed by atoms with E-state index in [0.29, 0.717) is 44.5 Å². The number of pyridine rings is 3. The molecule has 0 radical (unpaired) electrons. The maximum absolute atomic E-state index is 13.3. The molecule has 17 heteroatoms. The minimum atomic E-state index is -0.570. The van der Waals surface area contributed by atoms with Gasteiger partial charge in [-0.2, -0.15) is 4.98 Å². The minimum Gasteiger partial charge on any atom is -0.394 e. The summed E-state index contributed by atoms with van der Waals surface area (Å²) in [6.45, 7) is 10.9. The lowest BCUT2D eigenvalue weighted by atomic mass is 10.0. The Morgan fingerprint density at radius 1 is 0.968 bits per heavy atom. The Balaban J connectivity index is 0.000000188. The van der Waals surface area contributed by atoms with Gasteiger partial charge in [-0.15, -0.1) is 0 Å². The molecule has 1 aliphatic heterocycles. The van der Waals surface area contributed by atoms with Gasteiger partial charge in [0.1, 0.15) is 23.0 Å². The topological polar surface area (TPSA) is 195 Å². The normalized spacial score (nSPS) is 14.7. The lowest BCUT2D eigenvalue weighted by Gasteiger charge is -2.29. The average molecular weight is 881 g/mol. The molecule has 324 valence electrons. The van der Waals surface area contributed by atoms with Gasteiger partial charge in [0.25, 0.3) is 11.5 Å². The molecule has 8 rings (SSSR count). The van der Waals surface area contributed by atoms with E-state index in [4.69, 9.17) is 28.2 Å². The van der Waals surface area contributed by atoms with Crippen LogP contribution in [-0.4, -0.2) is 85.1 Å². The molecule has 1 saturated heterocycles. The number of aromatic nitrogens is 6. The molecule has 2 aliphatic rings. The molecule has 6 aromatic rings. The highest BCUT2D eigenvalue weighted by molar-refractivity contribution is 6.33. The van der Waals surface area contributed by atoms with E-state index >= 15 is 0 Å². The quantitative estimate of drug-likeness (QED) is 0.0659. The minimum absolute atomic E-state index is 0.0536. The first-order valence-corrected chi connectivity index (χ1v) is 21.5. The molecule has 2 fully saturated rings. The van der Waals surface area contributed by atoms with Crippen molar-refractivity contribution in [3.63, 3.8) is 0 Å². The molecule has 0 spiro atoms. The van der Waals surface area contributed by atoms with Gasteiger partial charge in [0.15, 0.2) is 5.78 Å². The van der Waals surface area contributed by atoms with Crippen LogP contribution in [0.4, 0.5) is 23.3 Å². The number of carbonyl (C=O) groups excluding carboxylic acids is 2. The van der Waals surface area contributed by atoms with Gasteiger partial charge in [-0.3, -0.25) is 19.0 Å². The van der Waals surface area contributed by atoms with Gasteiger partial charge in [-0.05, 0) is 88.1 Å². The summed E-state index contributed by atoms with van der Waals surface area (Å²) < 4.78 is 1.72. The lowest BCUT2D eigenvalue weighted by molar-refractivity contribution is 0.0911. The summed E-state index contributed by atoms with van der Waals surface area (Å²) in [7, 11) is 0. The summed E-state index contributed by atoms with van der Waals surface area (Å²) in [5.41, 5.74) is 4.89. The number of hydrogen-bond acceptors (Lipinski definition) is 12. The van der Waals surface area contributed by atoms with E-state index in [1.807, 2.05) is 38.2 Å². The number of aliphatic hydroxyl groups is 1. The number of benzene rings is 1. The number of fused-ring (bicyclic) bond motifs is 1. The number of anilines is 4. The number of aliphatic hydroxyl groups excluding tert-OH is 1. The number of ketones is 1. The first-order chi connectivity index (χ1) is 29.9. The Hall–Kier alpha value is -5.87. The highest BCUT2D eigenvalue weighted by Gasteiger charge is 2.26. The summed E-state index contributed by atoms with van der Waals surface area (Å²) in [6, 6.07) is 14.2. The summed E-state index contributed by atoms with van der Waals surface area (Å²) in [5.74, 6) is 1.15. The van der Waals surface area contributed by atoms with Crippen molar-refractivity contribution in [2.24, 2.45) is 0 Å². The number of amides is 1. The molecule has 1 atom stereocenters. The lowest BCUT2D eigenvalue weighted by Crippen LogP contribution is -2.43. The van der Waals surface area contributed by atoms with Crippen molar-refractivity contribution in [1.82, 2.24) is 40.1 Å². The standard InChI is InChI=1S/C24H29N7O2.C21H22Cl2N4O2/c1-15-19-14-27-24(28-20-8-7-18(13-26-20)30-11-9-25-10-12-30)29-22(19)31(17-5-3-4-6-17)23(33)21(15)16(2)32;1-12(2)26-20-8-16(17(23)10-25-20)14-7-18(24-9-14)21(29)27-19(11-28)13-4-3-5-15(22)6-13/h7-8,13-14,17,25H,3-6,9-12H2,1-2H3,(H,26,27,28,29);3-10,12,19,24,28H,11H2,1-2H3,(H,25,26)(H,27,29)/t;19-/m.1/s1. The third-order valence-corrected chi connectivity index (χ3v) is 11.5. The van der Waals surface area contributed by atoms with Crippen molar-refractivity contribution >= 4 is 69.2 Å². The SMILES string of the molecule is CC(=O)c1c(C)c2cnc(Nc3ccc(N4CCNCC4)cn3)nc2n(C2CCCC2)c1=O.CC(C)Nc1cc(-c2c[nH]c(C(=O)N[C@H](CO)c3cccc(Cl)c3)c2)c(Cl)cn1. The fourth-order valence-electron chi connectivity index (χ4n) is 7.90. The largest absolute Gasteiger partial charge is 0.394 e. The zero-order valence-electron chi connectivity index (χ0n) is 35.1. The Bertz CT molecular complexity index is 2600. The van der Waals surface area contributed by atoms with Gasteiger partial charge in [-0.1, -0.05) is 48.2 Å². The molecule has 62 heavy (non-hydrogen) atoms. The van der Waals surface area contributed by atoms with Crippen molar-refractivity contribution in [3.8, 4) is 11.1 Å². The molecule has 5 aromatic heterocycles. The predicted octanol–water partition coefficient (Wildman–Crippen LogP) is 7.63. The van der Waals surface area contributed by atoms with Gasteiger partial charge >= 0.3 is 0 Å². The van der Waals surface area contributed by atoms with E-state index in [-0.39, 0.29) is 41.5 Å². The highest BCUT2D eigenvalue weighted by Crippen LogP contribution is 2.33. The summed E-state index contributed by atoms with van der Waals surface area (Å²) in [6.07, 6.45) is 10.8. The van der Waals surface area contributed by atoms with Crippen LogP contribution < -0.4 is 31.7 Å². The molecular formula is C45H51Cl2N11O4. The maximum atomic E-state index is 13.3. The molecule has 6 N–H and O–H groups in total. The zero-order chi connectivity index (χ0) is 43.9. The summed E-state index contributed by atoms with van der Waals surface area (Å²) in [5, 5.41) is 24.0. The summed E-state index contributed by atoms with van der Waals surface area (Å²) >= 11 is 12.3. The van der Waals surface area contributed by atoms with E-state index in [9.17, 15) is 19.5 Å². The molecule has 1 saturated carbocycles. The van der Waals surface area contributed by atoms with E-state index in [1.165, 1.54) is 6.92 Å². The van der Waals surface area contributed by atoms with Crippen LogP contribution in [0.25, 0.3) is 22.2 Å². The van der Waals surface area contributed by atoms with Gasteiger partial charge in [0.05, 0.1) is 35.1 Å². The van der Waals surface area contributed by atoms with Crippen LogP contribution >= 0.6 is 23.2 Å². The number of hydrogen-bond donors (Lipinski definition) is 6. The number of halogens is 2. The van der Waals surface area contributed by atoms with Gasteiger partial charge in [-0.25, -0.2) is 15.0 Å². The molecule has 6 heterocycles. The number of aromatic amines is 1. The van der Waals surface area contributed by atoms with E-state index in [2.05, 4.69) is 46.1 Å². The monoisotopic (exact) mass is 879 g/mol. The van der Waals surface area contributed by atoms with Gasteiger partial charge < -0.3 is 36.3 Å². The third kappa shape index (κ3) is 10.2. The Kier molecular flexibility index (Phi) is 14.2. The van der Waals surface area contributed by atoms with E-state index in [0.717, 1.165) is 79.6 Å². The van der Waals surface area contributed by atoms with Crippen LogP contribution in [0.3, 0.4) is 0 Å². The third-order valence-electron chi connectivity index (χ3n) is 11.0. The van der Waals surface area contributed by atoms with Crippen LogP contribution in [0.15, 0.2) is 78.1 Å². The molecule has 1 aromatic carbocycles. The smallest absolute Gasteiger partial charge is 0.268 e. The fourth-order valence-corrected chi connectivity index (χ4v) is 8.31. The fraction of sp³-hybridized carbons (Fsp3) is 0.356. The van der Waals surface area contributed by atoms with Crippen LogP contribution in [0, 0.1) is 6.92 Å². The molecular weight excluding hydrogens is 829 g/mol. The van der Waals surface area contributed by atoms with Crippen molar-refractivity contribution in [2.45, 2.75) is 71.5 Å². The Labute approximate surface area is 369 Å². The average Bonchev–Trinajstić information content (AvgIpc) is 3.98. The number of H-pyrrole nitrogens is 1. The number of rotatable bonds is 12. The van der Waals surface area contributed by atoms with Crippen molar-refractivity contribution < 1.29 is 14.7 Å². The van der Waals surface area contributed by atoms with Crippen molar-refractivity contribution in [2.75, 3.05) is 48.3 Å². The van der Waals surface area contributed by atoms with E-state index < -0.39 is 6.04 Å². The number of Topliss-reactive ketones (excluding diaryl/α,β-unsaturated/α-hetero) is 1. The number of piperazine rings is 1. The highest BCUT2D eigenvalue weighted by atomic mass is 35.5. The Morgan fingerprint density at radius 3 is 2.40 bits per heavy atom. The molecule has 0 unspecified atom stereocenters. The zero-order valence-corrected chi connectivity index (χ0v) is 36.6. The first kappa shape index (κ1) is 44.2. The number of carbonyl (C=O) groups is 2. The van der Waals surface area contributed by atoms with Gasteiger partial charge in [0, 0.05) is 78.4 Å².